The molecule has 0 bridgehead atoms. The quantitative estimate of drug-likeness (QED) is 0.887. The molecule has 1 aliphatic heterocycles. The van der Waals surface area contributed by atoms with Crippen LogP contribution in [0, 0.1) is 6.92 Å². The zero-order valence-electron chi connectivity index (χ0n) is 11.2. The molecule has 1 saturated heterocycles. The van der Waals surface area contributed by atoms with Gasteiger partial charge in [0.1, 0.15) is 5.82 Å². The number of aromatic nitrogens is 2. The summed E-state index contributed by atoms with van der Waals surface area (Å²) >= 11 is 6.28. The summed E-state index contributed by atoms with van der Waals surface area (Å²) < 4.78 is 7.50. The predicted octanol–water partition coefficient (Wildman–Crippen LogP) is 0.975. The Hall–Kier alpha value is -0.620. The van der Waals surface area contributed by atoms with Gasteiger partial charge in [0, 0.05) is 26.7 Å². The molecule has 1 fully saturated rings. The predicted molar refractivity (Wildman–Crippen MR) is 72.0 cm³/mol. The summed E-state index contributed by atoms with van der Waals surface area (Å²) in [4.78, 5) is 6.76. The van der Waals surface area contributed by atoms with E-state index in [9.17, 15) is 0 Å². The van der Waals surface area contributed by atoms with Gasteiger partial charge in [-0.1, -0.05) is 11.6 Å². The highest BCUT2D eigenvalue weighted by atomic mass is 35.5. The number of likely N-dealkylation sites (N-methyl/N-ethyl adjacent to an activating group) is 1. The van der Waals surface area contributed by atoms with Crippen molar-refractivity contribution < 1.29 is 4.74 Å². The number of hydrogen-bond donors (Lipinski definition) is 1. The summed E-state index contributed by atoms with van der Waals surface area (Å²) in [6.07, 6.45) is 0. The van der Waals surface area contributed by atoms with Crippen LogP contribution in [0.25, 0.3) is 0 Å². The fourth-order valence-corrected chi connectivity index (χ4v) is 2.80. The van der Waals surface area contributed by atoms with Gasteiger partial charge in [-0.25, -0.2) is 4.98 Å². The standard InChI is InChI=1S/C12H21ClN4O/c1-9-15-12(13)11(16(9)3)10(8-14-2)17-4-6-18-7-5-17/h10,14H,4-8H2,1-3H3. The van der Waals surface area contributed by atoms with Gasteiger partial charge in [-0.2, -0.15) is 0 Å². The van der Waals surface area contributed by atoms with E-state index in [1.807, 2.05) is 21.0 Å². The maximum Gasteiger partial charge on any atom is 0.152 e. The molecule has 6 heteroatoms. The molecule has 0 saturated carbocycles. The molecule has 2 heterocycles. The number of morpholine rings is 1. The van der Waals surface area contributed by atoms with E-state index in [2.05, 4.69) is 19.8 Å². The third-order valence-corrected chi connectivity index (χ3v) is 3.80. The molecule has 1 aromatic heterocycles. The van der Waals surface area contributed by atoms with Gasteiger partial charge in [0.2, 0.25) is 0 Å². The number of ether oxygens (including phenoxy) is 1. The molecule has 102 valence electrons. The second-order valence-corrected chi connectivity index (χ2v) is 4.97. The largest absolute Gasteiger partial charge is 0.379 e. The molecule has 1 unspecified atom stereocenters. The topological polar surface area (TPSA) is 42.3 Å². The molecular formula is C12H21ClN4O. The lowest BCUT2D eigenvalue weighted by molar-refractivity contribution is 0.0151. The van der Waals surface area contributed by atoms with Crippen molar-refractivity contribution in [3.63, 3.8) is 0 Å². The molecule has 1 N–H and O–H groups in total. The Labute approximate surface area is 113 Å². The average Bonchev–Trinajstić information content (AvgIpc) is 2.62. The molecule has 2 rings (SSSR count). The first-order valence-corrected chi connectivity index (χ1v) is 6.68. The molecular weight excluding hydrogens is 252 g/mol. The lowest BCUT2D eigenvalue weighted by Gasteiger charge is -2.34. The van der Waals surface area contributed by atoms with Crippen LogP contribution in [-0.2, 0) is 11.8 Å². The fraction of sp³-hybridized carbons (Fsp3) is 0.750. The summed E-state index contributed by atoms with van der Waals surface area (Å²) in [5.41, 5.74) is 1.09. The lowest BCUT2D eigenvalue weighted by atomic mass is 10.1. The zero-order valence-corrected chi connectivity index (χ0v) is 12.0. The van der Waals surface area contributed by atoms with Gasteiger partial charge in [-0.3, -0.25) is 4.90 Å². The van der Waals surface area contributed by atoms with Crippen molar-refractivity contribution in [2.45, 2.75) is 13.0 Å². The lowest BCUT2D eigenvalue weighted by Crippen LogP contribution is -2.43. The third kappa shape index (κ3) is 2.69. The summed E-state index contributed by atoms with van der Waals surface area (Å²) in [5, 5.41) is 3.86. The van der Waals surface area contributed by atoms with Crippen LogP contribution in [0.15, 0.2) is 0 Å². The van der Waals surface area contributed by atoms with Gasteiger partial charge in [0.15, 0.2) is 5.15 Å². The smallest absolute Gasteiger partial charge is 0.152 e. The van der Waals surface area contributed by atoms with Gasteiger partial charge >= 0.3 is 0 Å². The first kappa shape index (κ1) is 13.8. The normalized spacial score (nSPS) is 19.1. The summed E-state index contributed by atoms with van der Waals surface area (Å²) in [6.45, 7) is 6.28. The van der Waals surface area contributed by atoms with Crippen molar-refractivity contribution in [2.24, 2.45) is 7.05 Å². The Kier molecular flexibility index (Phi) is 4.61. The molecule has 1 aromatic rings. The van der Waals surface area contributed by atoms with Crippen LogP contribution < -0.4 is 5.32 Å². The molecule has 0 aliphatic carbocycles. The Balaban J connectivity index is 2.28. The summed E-state index contributed by atoms with van der Waals surface area (Å²) in [5.74, 6) is 0.948. The van der Waals surface area contributed by atoms with Crippen LogP contribution in [0.4, 0.5) is 0 Å². The second kappa shape index (κ2) is 6.02. The van der Waals surface area contributed by atoms with Gasteiger partial charge in [-0.15, -0.1) is 0 Å². The second-order valence-electron chi connectivity index (χ2n) is 4.62. The number of aryl methyl sites for hydroxylation is 1. The Morgan fingerprint density at radius 1 is 1.44 bits per heavy atom. The maximum absolute atomic E-state index is 6.28. The molecule has 0 aromatic carbocycles. The molecule has 0 radical (unpaired) electrons. The Bertz CT molecular complexity index is 401. The Morgan fingerprint density at radius 2 is 2.11 bits per heavy atom. The highest BCUT2D eigenvalue weighted by molar-refractivity contribution is 6.30. The molecule has 18 heavy (non-hydrogen) atoms. The first-order chi connectivity index (χ1) is 8.65. The minimum atomic E-state index is 0.248. The molecule has 0 amide bonds. The van der Waals surface area contributed by atoms with E-state index in [-0.39, 0.29) is 6.04 Å². The van der Waals surface area contributed by atoms with Crippen LogP contribution >= 0.6 is 11.6 Å². The van der Waals surface area contributed by atoms with E-state index in [1.165, 1.54) is 0 Å². The van der Waals surface area contributed by atoms with Gasteiger partial charge < -0.3 is 14.6 Å². The van der Waals surface area contributed by atoms with Crippen LogP contribution in [-0.4, -0.2) is 54.3 Å². The Morgan fingerprint density at radius 3 is 2.61 bits per heavy atom. The van der Waals surface area contributed by atoms with E-state index in [4.69, 9.17) is 16.3 Å². The number of nitrogens with zero attached hydrogens (tertiary/aromatic N) is 3. The fourth-order valence-electron chi connectivity index (χ4n) is 2.43. The third-order valence-electron chi connectivity index (χ3n) is 3.52. The minimum absolute atomic E-state index is 0.248. The number of hydrogen-bond acceptors (Lipinski definition) is 4. The average molecular weight is 273 g/mol. The molecule has 1 aliphatic rings. The van der Waals surface area contributed by atoms with E-state index in [1.54, 1.807) is 0 Å². The highest BCUT2D eigenvalue weighted by Gasteiger charge is 2.27. The number of imidazole rings is 1. The maximum atomic E-state index is 6.28. The first-order valence-electron chi connectivity index (χ1n) is 6.30. The minimum Gasteiger partial charge on any atom is -0.379 e. The van der Waals surface area contributed by atoms with Gasteiger partial charge in [0.25, 0.3) is 0 Å². The molecule has 1 atom stereocenters. The number of nitrogens with one attached hydrogen (secondary N) is 1. The number of rotatable bonds is 4. The van der Waals surface area contributed by atoms with Crippen LogP contribution in [0.2, 0.25) is 5.15 Å². The van der Waals surface area contributed by atoms with Crippen molar-refractivity contribution in [2.75, 3.05) is 39.9 Å². The van der Waals surface area contributed by atoms with E-state index >= 15 is 0 Å². The van der Waals surface area contributed by atoms with Crippen LogP contribution in [0.1, 0.15) is 17.6 Å². The number of halogens is 1. The van der Waals surface area contributed by atoms with Crippen molar-refractivity contribution in [1.82, 2.24) is 19.8 Å². The molecule has 0 spiro atoms. The van der Waals surface area contributed by atoms with Crippen LogP contribution in [0.3, 0.4) is 0 Å². The van der Waals surface area contributed by atoms with E-state index < -0.39 is 0 Å². The van der Waals surface area contributed by atoms with Crippen molar-refractivity contribution in [1.29, 1.82) is 0 Å². The monoisotopic (exact) mass is 272 g/mol. The van der Waals surface area contributed by atoms with Crippen molar-refractivity contribution in [3.05, 3.63) is 16.7 Å². The highest BCUT2D eigenvalue weighted by Crippen LogP contribution is 2.28. The van der Waals surface area contributed by atoms with Gasteiger partial charge in [-0.05, 0) is 14.0 Å². The summed E-state index contributed by atoms with van der Waals surface area (Å²) in [7, 11) is 3.98. The molecule has 5 nitrogen and oxygen atoms in total. The van der Waals surface area contributed by atoms with Crippen molar-refractivity contribution in [3.8, 4) is 0 Å². The van der Waals surface area contributed by atoms with Gasteiger partial charge in [0.05, 0.1) is 24.9 Å². The zero-order chi connectivity index (χ0) is 13.1. The summed E-state index contributed by atoms with van der Waals surface area (Å²) in [6, 6.07) is 0.248. The SMILES string of the molecule is CNCC(c1c(Cl)nc(C)n1C)N1CCOCC1. The van der Waals surface area contributed by atoms with Crippen molar-refractivity contribution >= 4 is 11.6 Å². The van der Waals surface area contributed by atoms with E-state index in [0.717, 1.165) is 44.4 Å². The van der Waals surface area contributed by atoms with Crippen LogP contribution in [0.5, 0.6) is 0 Å². The van der Waals surface area contributed by atoms with E-state index in [0.29, 0.717) is 5.15 Å².